The molecule has 3 aromatic rings. The number of nitrogens with zero attached hydrogens (tertiary/aromatic N) is 5. The fourth-order valence-corrected chi connectivity index (χ4v) is 4.54. The molecule has 0 aliphatic carbocycles. The van der Waals surface area contributed by atoms with Crippen molar-refractivity contribution in [3.05, 3.63) is 48.1 Å². The van der Waals surface area contributed by atoms with Gasteiger partial charge in [0.2, 0.25) is 21.7 Å². The average molecular weight is 488 g/mol. The van der Waals surface area contributed by atoms with Crippen molar-refractivity contribution in [2.24, 2.45) is 5.73 Å². The number of nitrogens with two attached hydrogens (primary N) is 1. The number of methoxy groups -OCH3 is 1. The van der Waals surface area contributed by atoms with Gasteiger partial charge in [-0.15, -0.1) is 0 Å². The number of para-hydroxylation sites is 1. The molecule has 1 fully saturated rings. The zero-order chi connectivity index (χ0) is 24.3. The van der Waals surface area contributed by atoms with Gasteiger partial charge < -0.3 is 20.3 Å². The van der Waals surface area contributed by atoms with Crippen LogP contribution in [0.25, 0.3) is 11.4 Å². The first-order chi connectivity index (χ1) is 16.3. The fourth-order valence-electron chi connectivity index (χ4n) is 3.72. The second-order valence-electron chi connectivity index (χ2n) is 7.75. The first-order valence-electron chi connectivity index (χ1n) is 10.4. The summed E-state index contributed by atoms with van der Waals surface area (Å²) in [6.07, 6.45) is 4.15. The number of hydrogen-bond donors (Lipinski definition) is 2. The van der Waals surface area contributed by atoms with Crippen molar-refractivity contribution in [3.63, 3.8) is 0 Å². The molecule has 0 unspecified atom stereocenters. The van der Waals surface area contributed by atoms with Crippen LogP contribution in [0.4, 0.5) is 11.4 Å². The van der Waals surface area contributed by atoms with E-state index < -0.39 is 15.9 Å². The van der Waals surface area contributed by atoms with Gasteiger partial charge in [0.25, 0.3) is 5.91 Å². The Bertz CT molecular complexity index is 1290. The van der Waals surface area contributed by atoms with E-state index in [0.29, 0.717) is 67.1 Å². The van der Waals surface area contributed by atoms with Crippen molar-refractivity contribution in [2.75, 3.05) is 44.9 Å². The monoisotopic (exact) mass is 487 g/mol. The largest absolute Gasteiger partial charge is 0.494 e. The van der Waals surface area contributed by atoms with E-state index in [4.69, 9.17) is 15.0 Å². The third-order valence-corrected chi connectivity index (χ3v) is 6.75. The lowest BCUT2D eigenvalue weighted by atomic mass is 10.1. The second kappa shape index (κ2) is 9.75. The van der Waals surface area contributed by atoms with Gasteiger partial charge in [0.15, 0.2) is 5.75 Å². The SMILES string of the molecule is COc1c(Nc2ccncc2C(N)=O)cccc1-c1noc(CN2CCN(S(C)(=O)=O)CC2)n1. The van der Waals surface area contributed by atoms with Crippen LogP contribution in [0, 0.1) is 0 Å². The molecule has 1 aliphatic rings. The smallest absolute Gasteiger partial charge is 0.252 e. The van der Waals surface area contributed by atoms with E-state index in [1.165, 1.54) is 23.9 Å². The Kier molecular flexibility index (Phi) is 6.77. The minimum absolute atomic E-state index is 0.243. The summed E-state index contributed by atoms with van der Waals surface area (Å²) in [5.74, 6) is 0.609. The molecule has 1 aromatic carbocycles. The number of carbonyl (C=O) groups is 1. The number of hydrogen-bond acceptors (Lipinski definition) is 10. The van der Waals surface area contributed by atoms with Gasteiger partial charge in [-0.05, 0) is 18.2 Å². The molecule has 0 radical (unpaired) electrons. The highest BCUT2D eigenvalue weighted by molar-refractivity contribution is 7.88. The molecule has 34 heavy (non-hydrogen) atoms. The number of aromatic nitrogens is 3. The van der Waals surface area contributed by atoms with Crippen LogP contribution in [-0.4, -0.2) is 78.2 Å². The quantitative estimate of drug-likeness (QED) is 0.471. The minimum Gasteiger partial charge on any atom is -0.494 e. The van der Waals surface area contributed by atoms with Gasteiger partial charge in [-0.25, -0.2) is 8.42 Å². The van der Waals surface area contributed by atoms with Crippen LogP contribution in [0.15, 0.2) is 41.2 Å². The Morgan fingerprint density at radius 1 is 1.21 bits per heavy atom. The third kappa shape index (κ3) is 5.16. The zero-order valence-electron chi connectivity index (χ0n) is 18.8. The van der Waals surface area contributed by atoms with E-state index >= 15 is 0 Å². The number of pyridine rings is 1. The average Bonchev–Trinajstić information content (AvgIpc) is 3.27. The molecule has 4 rings (SSSR count). The van der Waals surface area contributed by atoms with E-state index in [1.54, 1.807) is 30.5 Å². The molecule has 13 heteroatoms. The number of piperazine rings is 1. The molecule has 3 N–H and O–H groups in total. The molecule has 0 atom stereocenters. The number of anilines is 2. The summed E-state index contributed by atoms with van der Waals surface area (Å²) in [5, 5.41) is 7.26. The number of carbonyl (C=O) groups excluding carboxylic acids is 1. The molecule has 0 bridgehead atoms. The minimum atomic E-state index is -3.19. The van der Waals surface area contributed by atoms with E-state index in [0.717, 1.165) is 0 Å². The Balaban J connectivity index is 1.52. The van der Waals surface area contributed by atoms with Gasteiger partial charge >= 0.3 is 0 Å². The van der Waals surface area contributed by atoms with Crippen LogP contribution in [0.2, 0.25) is 0 Å². The molecule has 3 heterocycles. The van der Waals surface area contributed by atoms with E-state index in [-0.39, 0.29) is 5.56 Å². The zero-order valence-corrected chi connectivity index (χ0v) is 19.6. The lowest BCUT2D eigenvalue weighted by molar-refractivity contribution is 0.100. The van der Waals surface area contributed by atoms with Gasteiger partial charge in [0, 0.05) is 38.6 Å². The molecule has 1 saturated heterocycles. The van der Waals surface area contributed by atoms with Crippen LogP contribution < -0.4 is 15.8 Å². The van der Waals surface area contributed by atoms with Crippen LogP contribution in [0.1, 0.15) is 16.2 Å². The predicted molar refractivity (Wildman–Crippen MR) is 124 cm³/mol. The Labute approximate surface area is 196 Å². The second-order valence-corrected chi connectivity index (χ2v) is 9.73. The first kappa shape index (κ1) is 23.6. The normalized spacial score (nSPS) is 15.2. The maximum absolute atomic E-state index is 11.7. The maximum atomic E-state index is 11.7. The number of ether oxygens (including phenoxy) is 1. The van der Waals surface area contributed by atoms with Crippen LogP contribution >= 0.6 is 0 Å². The highest BCUT2D eigenvalue weighted by atomic mass is 32.2. The topological polar surface area (TPSA) is 157 Å². The van der Waals surface area contributed by atoms with Gasteiger partial charge in [0.05, 0.1) is 42.4 Å². The summed E-state index contributed by atoms with van der Waals surface area (Å²) < 4.78 is 35.9. The van der Waals surface area contributed by atoms with Crippen molar-refractivity contribution < 1.29 is 22.5 Å². The number of sulfonamides is 1. The summed E-state index contributed by atoms with van der Waals surface area (Å²) in [6, 6.07) is 7.02. The predicted octanol–water partition coefficient (Wildman–Crippen LogP) is 1.06. The van der Waals surface area contributed by atoms with Gasteiger partial charge in [-0.3, -0.25) is 14.7 Å². The molecular formula is C21H25N7O5S. The van der Waals surface area contributed by atoms with Crippen molar-refractivity contribution in [1.29, 1.82) is 0 Å². The van der Waals surface area contributed by atoms with Crippen molar-refractivity contribution in [3.8, 4) is 17.1 Å². The Morgan fingerprint density at radius 2 is 1.97 bits per heavy atom. The fraction of sp³-hybridized carbons (Fsp3) is 0.333. The van der Waals surface area contributed by atoms with Crippen LogP contribution in [-0.2, 0) is 16.6 Å². The first-order valence-corrected chi connectivity index (χ1v) is 12.3. The van der Waals surface area contributed by atoms with Gasteiger partial charge in [0.1, 0.15) is 0 Å². The van der Waals surface area contributed by atoms with Crippen molar-refractivity contribution >= 4 is 27.3 Å². The molecule has 180 valence electrons. The van der Waals surface area contributed by atoms with Crippen LogP contribution in [0.5, 0.6) is 5.75 Å². The van der Waals surface area contributed by atoms with Crippen molar-refractivity contribution in [2.45, 2.75) is 6.54 Å². The maximum Gasteiger partial charge on any atom is 0.252 e. The summed E-state index contributed by atoms with van der Waals surface area (Å²) in [6.45, 7) is 2.39. The molecule has 2 aromatic heterocycles. The summed E-state index contributed by atoms with van der Waals surface area (Å²) in [4.78, 5) is 22.2. The van der Waals surface area contributed by atoms with E-state index in [2.05, 4.69) is 25.3 Å². The highest BCUT2D eigenvalue weighted by Crippen LogP contribution is 2.37. The molecular weight excluding hydrogens is 462 g/mol. The van der Waals surface area contributed by atoms with Gasteiger partial charge in [-0.2, -0.15) is 9.29 Å². The summed E-state index contributed by atoms with van der Waals surface area (Å²) in [5.41, 5.74) is 7.36. The highest BCUT2D eigenvalue weighted by Gasteiger charge is 2.25. The number of primary amides is 1. The number of benzene rings is 1. The molecule has 0 saturated carbocycles. The number of rotatable bonds is 8. The van der Waals surface area contributed by atoms with Crippen LogP contribution in [0.3, 0.4) is 0 Å². The molecule has 1 aliphatic heterocycles. The number of nitrogens with one attached hydrogen (secondary N) is 1. The van der Waals surface area contributed by atoms with Gasteiger partial charge in [-0.1, -0.05) is 11.2 Å². The Hall–Kier alpha value is -3.55. The number of amides is 1. The lowest BCUT2D eigenvalue weighted by Gasteiger charge is -2.32. The molecule has 1 amide bonds. The Morgan fingerprint density at radius 3 is 2.65 bits per heavy atom. The molecule has 12 nitrogen and oxygen atoms in total. The third-order valence-electron chi connectivity index (χ3n) is 5.44. The summed E-state index contributed by atoms with van der Waals surface area (Å²) >= 11 is 0. The molecule has 0 spiro atoms. The van der Waals surface area contributed by atoms with E-state index in [9.17, 15) is 13.2 Å². The summed E-state index contributed by atoms with van der Waals surface area (Å²) in [7, 11) is -1.67. The van der Waals surface area contributed by atoms with Crippen molar-refractivity contribution in [1.82, 2.24) is 24.3 Å². The standard InChI is InChI=1S/C21H25N7O5S/c1-32-19-14(4-3-5-17(19)24-16-6-7-23-12-15(16)20(22)29)21-25-18(33-26-21)13-27-8-10-28(11-9-27)34(2,30)31/h3-7,12H,8-11,13H2,1-2H3,(H2,22,29)(H,23,24). The van der Waals surface area contributed by atoms with E-state index in [1.807, 2.05) is 0 Å². The lowest BCUT2D eigenvalue weighted by Crippen LogP contribution is -2.47.